The van der Waals surface area contributed by atoms with E-state index in [-0.39, 0.29) is 6.04 Å². The number of ether oxygens (including phenoxy) is 1. The largest absolute Gasteiger partial charge is 0.458 e. The number of hydrogen-bond acceptors (Lipinski definition) is 4. The highest BCUT2D eigenvalue weighted by molar-refractivity contribution is 5.77. The van der Waals surface area contributed by atoms with E-state index in [1.165, 1.54) is 0 Å². The molecule has 19 heavy (non-hydrogen) atoms. The van der Waals surface area contributed by atoms with Gasteiger partial charge in [0.2, 0.25) is 0 Å². The summed E-state index contributed by atoms with van der Waals surface area (Å²) < 4.78 is 11.2. The number of benzene rings is 1. The standard InChI is InChI=1S/C15H19NO3/c1-10-8-18-9-12(16-10)7-13(17)15-6-11-4-2-3-5-14(11)19-15/h2-6,10,12-13,16-17H,7-9H2,1H3. The van der Waals surface area contributed by atoms with Crippen molar-refractivity contribution in [3.63, 3.8) is 0 Å². The molecule has 4 heteroatoms. The molecular formula is C15H19NO3. The van der Waals surface area contributed by atoms with Gasteiger partial charge < -0.3 is 19.6 Å². The van der Waals surface area contributed by atoms with Crippen molar-refractivity contribution in [3.8, 4) is 0 Å². The minimum atomic E-state index is -0.598. The number of rotatable bonds is 3. The van der Waals surface area contributed by atoms with Crippen molar-refractivity contribution in [2.45, 2.75) is 31.5 Å². The van der Waals surface area contributed by atoms with Crippen molar-refractivity contribution >= 4 is 11.0 Å². The summed E-state index contributed by atoms with van der Waals surface area (Å²) in [5, 5.41) is 14.7. The minimum Gasteiger partial charge on any atom is -0.458 e. The molecule has 1 fully saturated rings. The van der Waals surface area contributed by atoms with Crippen molar-refractivity contribution in [1.82, 2.24) is 5.32 Å². The quantitative estimate of drug-likeness (QED) is 0.889. The maximum atomic E-state index is 10.3. The highest BCUT2D eigenvalue weighted by Gasteiger charge is 2.23. The number of aliphatic hydroxyl groups excluding tert-OH is 1. The van der Waals surface area contributed by atoms with Gasteiger partial charge in [-0.3, -0.25) is 0 Å². The number of nitrogens with one attached hydrogen (secondary N) is 1. The van der Waals surface area contributed by atoms with E-state index < -0.39 is 6.10 Å². The lowest BCUT2D eigenvalue weighted by atomic mass is 10.1. The first kappa shape index (κ1) is 12.7. The van der Waals surface area contributed by atoms with Crippen LogP contribution in [0.5, 0.6) is 0 Å². The Hall–Kier alpha value is -1.36. The lowest BCUT2D eigenvalue weighted by Gasteiger charge is -2.29. The molecule has 3 atom stereocenters. The SMILES string of the molecule is CC1COCC(CC(O)c2cc3ccccc3o2)N1. The summed E-state index contributed by atoms with van der Waals surface area (Å²) in [5.41, 5.74) is 0.817. The molecule has 2 heterocycles. The smallest absolute Gasteiger partial charge is 0.134 e. The number of furan rings is 1. The summed E-state index contributed by atoms with van der Waals surface area (Å²) in [5.74, 6) is 0.626. The summed E-state index contributed by atoms with van der Waals surface area (Å²) in [7, 11) is 0. The molecule has 4 nitrogen and oxygen atoms in total. The van der Waals surface area contributed by atoms with Crippen LogP contribution in [-0.4, -0.2) is 30.4 Å². The Labute approximate surface area is 112 Å². The molecule has 0 saturated carbocycles. The second kappa shape index (κ2) is 5.33. The third kappa shape index (κ3) is 2.81. The van der Waals surface area contributed by atoms with Gasteiger partial charge in [-0.05, 0) is 25.5 Å². The molecule has 102 valence electrons. The van der Waals surface area contributed by atoms with Crippen molar-refractivity contribution in [3.05, 3.63) is 36.1 Å². The highest BCUT2D eigenvalue weighted by Crippen LogP contribution is 2.26. The van der Waals surface area contributed by atoms with E-state index in [1.54, 1.807) is 0 Å². The first-order chi connectivity index (χ1) is 9.22. The van der Waals surface area contributed by atoms with Crippen LogP contribution in [0.2, 0.25) is 0 Å². The average Bonchev–Trinajstić information content (AvgIpc) is 2.82. The van der Waals surface area contributed by atoms with Crippen LogP contribution < -0.4 is 5.32 Å². The summed E-state index contributed by atoms with van der Waals surface area (Å²) in [6, 6.07) is 10.2. The van der Waals surface area contributed by atoms with Gasteiger partial charge in [-0.1, -0.05) is 18.2 Å². The first-order valence-corrected chi connectivity index (χ1v) is 6.72. The van der Waals surface area contributed by atoms with Crippen LogP contribution in [0.15, 0.2) is 34.7 Å². The number of aliphatic hydroxyl groups is 1. The van der Waals surface area contributed by atoms with Crippen LogP contribution in [-0.2, 0) is 4.74 Å². The van der Waals surface area contributed by atoms with E-state index in [1.807, 2.05) is 30.3 Å². The van der Waals surface area contributed by atoms with Crippen molar-refractivity contribution < 1.29 is 14.3 Å². The molecule has 3 unspecified atom stereocenters. The molecule has 2 N–H and O–H groups in total. The van der Waals surface area contributed by atoms with E-state index >= 15 is 0 Å². The van der Waals surface area contributed by atoms with Gasteiger partial charge in [-0.2, -0.15) is 0 Å². The molecule has 2 aromatic rings. The van der Waals surface area contributed by atoms with Crippen LogP contribution in [0.3, 0.4) is 0 Å². The molecule has 1 aromatic heterocycles. The Kier molecular flexibility index (Phi) is 3.55. The molecule has 3 rings (SSSR count). The lowest BCUT2D eigenvalue weighted by Crippen LogP contribution is -2.47. The summed E-state index contributed by atoms with van der Waals surface area (Å²) in [6.45, 7) is 3.46. The third-order valence-electron chi connectivity index (χ3n) is 3.49. The second-order valence-electron chi connectivity index (χ2n) is 5.24. The summed E-state index contributed by atoms with van der Waals surface area (Å²) >= 11 is 0. The maximum absolute atomic E-state index is 10.3. The molecule has 0 spiro atoms. The second-order valence-corrected chi connectivity index (χ2v) is 5.24. The third-order valence-corrected chi connectivity index (χ3v) is 3.49. The molecule has 0 amide bonds. The molecule has 0 bridgehead atoms. The van der Waals surface area contributed by atoms with Crippen molar-refractivity contribution in [2.24, 2.45) is 0 Å². The number of para-hydroxylation sites is 1. The van der Waals surface area contributed by atoms with Crippen LogP contribution in [0, 0.1) is 0 Å². The van der Waals surface area contributed by atoms with Gasteiger partial charge in [0.15, 0.2) is 0 Å². The molecule has 0 aliphatic carbocycles. The van der Waals surface area contributed by atoms with E-state index in [9.17, 15) is 5.11 Å². The zero-order valence-corrected chi connectivity index (χ0v) is 11.0. The van der Waals surface area contributed by atoms with Crippen LogP contribution in [0.25, 0.3) is 11.0 Å². The Balaban J connectivity index is 1.70. The van der Waals surface area contributed by atoms with Crippen LogP contribution >= 0.6 is 0 Å². The molecule has 0 radical (unpaired) electrons. The zero-order valence-electron chi connectivity index (χ0n) is 11.0. The van der Waals surface area contributed by atoms with Gasteiger partial charge in [0.25, 0.3) is 0 Å². The fourth-order valence-electron chi connectivity index (χ4n) is 2.57. The Morgan fingerprint density at radius 3 is 3.00 bits per heavy atom. The van der Waals surface area contributed by atoms with Crippen LogP contribution in [0.1, 0.15) is 25.2 Å². The average molecular weight is 261 g/mol. The van der Waals surface area contributed by atoms with Gasteiger partial charge in [0.05, 0.1) is 13.2 Å². The summed E-state index contributed by atoms with van der Waals surface area (Å²) in [4.78, 5) is 0. The van der Waals surface area contributed by atoms with E-state index in [2.05, 4.69) is 12.2 Å². The summed E-state index contributed by atoms with van der Waals surface area (Å²) in [6.07, 6.45) is 0.00302. The maximum Gasteiger partial charge on any atom is 0.134 e. The molecule has 1 aromatic carbocycles. The van der Waals surface area contributed by atoms with E-state index in [0.29, 0.717) is 24.8 Å². The monoisotopic (exact) mass is 261 g/mol. The zero-order chi connectivity index (χ0) is 13.2. The highest BCUT2D eigenvalue weighted by atomic mass is 16.5. The van der Waals surface area contributed by atoms with Crippen LogP contribution in [0.4, 0.5) is 0 Å². The van der Waals surface area contributed by atoms with Gasteiger partial charge in [-0.15, -0.1) is 0 Å². The Morgan fingerprint density at radius 1 is 1.37 bits per heavy atom. The van der Waals surface area contributed by atoms with Crippen molar-refractivity contribution in [1.29, 1.82) is 0 Å². The number of morpholine rings is 1. The van der Waals surface area contributed by atoms with Gasteiger partial charge in [-0.25, -0.2) is 0 Å². The predicted octanol–water partition coefficient (Wildman–Crippen LogP) is 2.23. The fourth-order valence-corrected chi connectivity index (χ4v) is 2.57. The first-order valence-electron chi connectivity index (χ1n) is 6.72. The lowest BCUT2D eigenvalue weighted by molar-refractivity contribution is 0.0270. The van der Waals surface area contributed by atoms with E-state index in [0.717, 1.165) is 17.6 Å². The minimum absolute atomic E-state index is 0.173. The normalized spacial score (nSPS) is 25.6. The van der Waals surface area contributed by atoms with Gasteiger partial charge in [0, 0.05) is 17.5 Å². The van der Waals surface area contributed by atoms with E-state index in [4.69, 9.17) is 9.15 Å². The van der Waals surface area contributed by atoms with Crippen molar-refractivity contribution in [2.75, 3.05) is 13.2 Å². The number of hydrogen-bond donors (Lipinski definition) is 2. The van der Waals surface area contributed by atoms with Gasteiger partial charge in [0.1, 0.15) is 17.4 Å². The molecule has 1 aliphatic rings. The van der Waals surface area contributed by atoms with Gasteiger partial charge >= 0.3 is 0 Å². The Bertz CT molecular complexity index is 518. The molecule has 1 saturated heterocycles. The molecule has 1 aliphatic heterocycles. The Morgan fingerprint density at radius 2 is 2.21 bits per heavy atom. The molecular weight excluding hydrogens is 242 g/mol. The number of fused-ring (bicyclic) bond motifs is 1. The topological polar surface area (TPSA) is 54.6 Å². The fraction of sp³-hybridized carbons (Fsp3) is 0.467. The predicted molar refractivity (Wildman–Crippen MR) is 73.0 cm³/mol.